The third-order valence-electron chi connectivity index (χ3n) is 7.25. The van der Waals surface area contributed by atoms with Gasteiger partial charge >= 0.3 is 0 Å². The summed E-state index contributed by atoms with van der Waals surface area (Å²) < 4.78 is 14.9. The van der Waals surface area contributed by atoms with Crippen molar-refractivity contribution in [3.05, 3.63) is 42.4 Å². The van der Waals surface area contributed by atoms with Crippen LogP contribution in [0.1, 0.15) is 42.1 Å². The van der Waals surface area contributed by atoms with Crippen LogP contribution in [0.15, 0.2) is 36.8 Å². The van der Waals surface area contributed by atoms with Gasteiger partial charge < -0.3 is 24.7 Å². The van der Waals surface area contributed by atoms with Crippen LogP contribution in [-0.4, -0.2) is 69.6 Å². The fourth-order valence-corrected chi connectivity index (χ4v) is 5.13. The summed E-state index contributed by atoms with van der Waals surface area (Å²) in [5.41, 5.74) is 3.62. The van der Waals surface area contributed by atoms with Crippen molar-refractivity contribution in [2.45, 2.75) is 43.9 Å². The predicted octanol–water partition coefficient (Wildman–Crippen LogP) is 3.05. The molecule has 10 heteroatoms. The van der Waals surface area contributed by atoms with Crippen molar-refractivity contribution in [3.63, 3.8) is 0 Å². The molecule has 0 unspecified atom stereocenters. The van der Waals surface area contributed by atoms with Crippen LogP contribution < -0.4 is 10.6 Å². The number of amides is 1. The fraction of sp³-hybridized carbons (Fsp3) is 0.440. The van der Waals surface area contributed by atoms with Gasteiger partial charge in [0.05, 0.1) is 24.0 Å². The number of carbonyl (C=O) groups is 1. The maximum Gasteiger partial charge on any atom is 0.257 e. The highest BCUT2D eigenvalue weighted by Gasteiger charge is 2.33. The number of carbonyl (C=O) groups excluding carboxylic acids is 1. The Bertz CT molecular complexity index is 1390. The molecule has 5 heterocycles. The molecule has 4 aromatic heterocycles. The van der Waals surface area contributed by atoms with E-state index in [1.807, 2.05) is 25.4 Å². The Labute approximate surface area is 202 Å². The molecule has 1 amide bonds. The lowest BCUT2D eigenvalue weighted by atomic mass is 9.89. The van der Waals surface area contributed by atoms with Crippen LogP contribution in [0.5, 0.6) is 0 Å². The fourth-order valence-electron chi connectivity index (χ4n) is 5.13. The number of aromatic nitrogens is 5. The molecule has 6 rings (SSSR count). The molecule has 1 saturated heterocycles. The molecule has 0 radical (unpaired) electrons. The smallest absolute Gasteiger partial charge is 0.257 e. The lowest BCUT2D eigenvalue weighted by molar-refractivity contribution is 0.00732. The SMILES string of the molecule is CNc1cc(-c2cn(C3CCOCC3)c3ncccc23)nc2c(C(=O)N[C@H]3CC[C@@H]3OC)cnn12. The number of fused-ring (bicyclic) bond motifs is 2. The van der Waals surface area contributed by atoms with E-state index in [1.54, 1.807) is 17.8 Å². The van der Waals surface area contributed by atoms with Crippen molar-refractivity contribution in [1.29, 1.82) is 0 Å². The molecule has 1 saturated carbocycles. The van der Waals surface area contributed by atoms with E-state index in [1.165, 1.54) is 0 Å². The van der Waals surface area contributed by atoms with E-state index in [2.05, 4.69) is 32.6 Å². The van der Waals surface area contributed by atoms with Crippen molar-refractivity contribution in [2.24, 2.45) is 0 Å². The van der Waals surface area contributed by atoms with Gasteiger partial charge in [-0.1, -0.05) is 0 Å². The number of hydrogen-bond donors (Lipinski definition) is 2. The Morgan fingerprint density at radius 3 is 2.80 bits per heavy atom. The standard InChI is InChI=1S/C25H29N7O3/c1-26-22-12-20(18-14-31(15-7-10-35-11-8-15)23-16(18)4-3-9-27-23)29-24-17(13-28-32(22)24)25(33)30-19-5-6-21(19)34-2/h3-4,9,12-15,19,21,26H,5-8,10-11H2,1-2H3,(H,30,33)/t19-,21-/m0/s1. The van der Waals surface area contributed by atoms with E-state index < -0.39 is 0 Å². The van der Waals surface area contributed by atoms with Crippen LogP contribution in [0, 0.1) is 0 Å². The van der Waals surface area contributed by atoms with Crippen molar-refractivity contribution >= 4 is 28.4 Å². The van der Waals surface area contributed by atoms with Gasteiger partial charge in [-0.3, -0.25) is 4.79 Å². The third kappa shape index (κ3) is 3.73. The Hall–Kier alpha value is -3.50. The number of pyridine rings is 1. The Kier molecular flexibility index (Phi) is 5.62. The molecule has 0 bridgehead atoms. The highest BCUT2D eigenvalue weighted by atomic mass is 16.5. The second-order valence-electron chi connectivity index (χ2n) is 9.17. The molecule has 2 atom stereocenters. The number of methoxy groups -OCH3 is 1. The third-order valence-corrected chi connectivity index (χ3v) is 7.25. The summed E-state index contributed by atoms with van der Waals surface area (Å²) >= 11 is 0. The number of anilines is 1. The first-order chi connectivity index (χ1) is 17.2. The van der Waals surface area contributed by atoms with Gasteiger partial charge in [-0.15, -0.1) is 0 Å². The summed E-state index contributed by atoms with van der Waals surface area (Å²) in [7, 11) is 3.52. The first-order valence-electron chi connectivity index (χ1n) is 12.1. The first kappa shape index (κ1) is 22.0. The van der Waals surface area contributed by atoms with E-state index in [9.17, 15) is 4.79 Å². The second kappa shape index (κ2) is 8.94. The molecule has 2 aliphatic rings. The van der Waals surface area contributed by atoms with Gasteiger partial charge in [-0.2, -0.15) is 9.61 Å². The monoisotopic (exact) mass is 475 g/mol. The Morgan fingerprint density at radius 2 is 2.06 bits per heavy atom. The average Bonchev–Trinajstić information content (AvgIpc) is 3.49. The summed E-state index contributed by atoms with van der Waals surface area (Å²) in [5, 5.41) is 11.8. The minimum atomic E-state index is -0.190. The molecular formula is C25H29N7O3. The minimum absolute atomic E-state index is 0.0120. The quantitative estimate of drug-likeness (QED) is 0.441. The zero-order valence-corrected chi connectivity index (χ0v) is 19.9. The zero-order chi connectivity index (χ0) is 23.9. The van der Waals surface area contributed by atoms with E-state index in [-0.39, 0.29) is 18.1 Å². The van der Waals surface area contributed by atoms with Crippen LogP contribution in [-0.2, 0) is 9.47 Å². The summed E-state index contributed by atoms with van der Waals surface area (Å²) in [5.74, 6) is 0.558. The van der Waals surface area contributed by atoms with Crippen LogP contribution in [0.2, 0.25) is 0 Å². The molecule has 182 valence electrons. The van der Waals surface area contributed by atoms with Crippen LogP contribution in [0.4, 0.5) is 5.82 Å². The summed E-state index contributed by atoms with van der Waals surface area (Å²) in [6.07, 6.45) is 9.35. The molecule has 2 N–H and O–H groups in total. The second-order valence-corrected chi connectivity index (χ2v) is 9.17. The van der Waals surface area contributed by atoms with E-state index in [0.29, 0.717) is 17.3 Å². The molecule has 10 nitrogen and oxygen atoms in total. The summed E-state index contributed by atoms with van der Waals surface area (Å²) in [6.45, 7) is 1.50. The number of rotatable bonds is 6. The van der Waals surface area contributed by atoms with Crippen molar-refractivity contribution in [2.75, 3.05) is 32.7 Å². The van der Waals surface area contributed by atoms with E-state index in [4.69, 9.17) is 19.4 Å². The average molecular weight is 476 g/mol. The topological polar surface area (TPSA) is 108 Å². The normalized spacial score (nSPS) is 20.7. The van der Waals surface area contributed by atoms with Gasteiger partial charge in [0, 0.05) is 62.8 Å². The molecule has 1 aliphatic carbocycles. The van der Waals surface area contributed by atoms with Crippen molar-refractivity contribution in [1.82, 2.24) is 29.5 Å². The van der Waals surface area contributed by atoms with Gasteiger partial charge in [0.2, 0.25) is 0 Å². The molecule has 35 heavy (non-hydrogen) atoms. The molecule has 0 spiro atoms. The zero-order valence-electron chi connectivity index (χ0n) is 19.9. The van der Waals surface area contributed by atoms with Crippen LogP contribution in [0.25, 0.3) is 27.9 Å². The number of nitrogens with one attached hydrogen (secondary N) is 2. The van der Waals surface area contributed by atoms with Crippen molar-refractivity contribution < 1.29 is 14.3 Å². The maximum absolute atomic E-state index is 13.1. The van der Waals surface area contributed by atoms with Gasteiger partial charge in [-0.05, 0) is 37.8 Å². The van der Waals surface area contributed by atoms with Gasteiger partial charge in [0.25, 0.3) is 5.91 Å². The van der Waals surface area contributed by atoms with Gasteiger partial charge in [-0.25, -0.2) is 9.97 Å². The molecule has 0 aromatic carbocycles. The van der Waals surface area contributed by atoms with E-state index in [0.717, 1.165) is 67.0 Å². The minimum Gasteiger partial charge on any atom is -0.381 e. The molecule has 1 aliphatic heterocycles. The van der Waals surface area contributed by atoms with E-state index >= 15 is 0 Å². The molecule has 4 aromatic rings. The van der Waals surface area contributed by atoms with Gasteiger partial charge in [0.1, 0.15) is 17.0 Å². The highest BCUT2D eigenvalue weighted by molar-refractivity contribution is 6.01. The first-order valence-corrected chi connectivity index (χ1v) is 12.1. The highest BCUT2D eigenvalue weighted by Crippen LogP contribution is 2.35. The number of ether oxygens (including phenoxy) is 2. The predicted molar refractivity (Wildman–Crippen MR) is 132 cm³/mol. The lowest BCUT2D eigenvalue weighted by Gasteiger charge is -2.35. The van der Waals surface area contributed by atoms with Crippen LogP contribution in [0.3, 0.4) is 0 Å². The van der Waals surface area contributed by atoms with Gasteiger partial charge in [0.15, 0.2) is 5.65 Å². The maximum atomic E-state index is 13.1. The summed E-state index contributed by atoms with van der Waals surface area (Å²) in [6, 6.07) is 6.32. The number of nitrogens with zero attached hydrogens (tertiary/aromatic N) is 5. The summed E-state index contributed by atoms with van der Waals surface area (Å²) in [4.78, 5) is 22.8. The van der Waals surface area contributed by atoms with Crippen molar-refractivity contribution in [3.8, 4) is 11.3 Å². The Morgan fingerprint density at radius 1 is 1.20 bits per heavy atom. The largest absolute Gasteiger partial charge is 0.381 e. The van der Waals surface area contributed by atoms with Crippen LogP contribution >= 0.6 is 0 Å². The molecular weight excluding hydrogens is 446 g/mol. The lowest BCUT2D eigenvalue weighted by Crippen LogP contribution is -2.51. The number of hydrogen-bond acceptors (Lipinski definition) is 7. The Balaban J connectivity index is 1.44. The molecule has 2 fully saturated rings.